The van der Waals surface area contributed by atoms with E-state index < -0.39 is 6.10 Å². The monoisotopic (exact) mass is 307 g/mol. The maximum atomic E-state index is 9.91. The molecule has 0 amide bonds. The lowest BCUT2D eigenvalue weighted by Crippen LogP contribution is -2.32. The quantitative estimate of drug-likeness (QED) is 0.698. The molecule has 4 nitrogen and oxygen atoms in total. The fourth-order valence-electron chi connectivity index (χ4n) is 1.92. The molecule has 0 radical (unpaired) electrons. The number of benzene rings is 1. The lowest BCUT2D eigenvalue weighted by molar-refractivity contribution is 0.105. The molecule has 21 heavy (non-hydrogen) atoms. The Hall–Kier alpha value is -1.56. The molecular weight excluding hydrogens is 286 g/mol. The fourth-order valence-corrected chi connectivity index (χ4v) is 2.63. The van der Waals surface area contributed by atoms with E-state index in [1.807, 2.05) is 24.3 Å². The van der Waals surface area contributed by atoms with Gasteiger partial charge in [-0.25, -0.2) is 0 Å². The largest absolute Gasteiger partial charge is 0.493 e. The highest BCUT2D eigenvalue weighted by Crippen LogP contribution is 2.25. The highest BCUT2D eigenvalue weighted by atomic mass is 32.1. The molecule has 1 atom stereocenters. The van der Waals surface area contributed by atoms with E-state index in [0.29, 0.717) is 18.0 Å². The second-order valence-electron chi connectivity index (χ2n) is 4.65. The predicted octanol–water partition coefficient (Wildman–Crippen LogP) is 2.33. The third-order valence-electron chi connectivity index (χ3n) is 3.01. The van der Waals surface area contributed by atoms with Crippen LogP contribution >= 0.6 is 11.3 Å². The van der Waals surface area contributed by atoms with Crippen molar-refractivity contribution in [2.24, 2.45) is 0 Å². The second-order valence-corrected chi connectivity index (χ2v) is 5.68. The lowest BCUT2D eigenvalue weighted by atomic mass is 10.3. The molecule has 0 saturated heterocycles. The maximum Gasteiger partial charge on any atom is 0.161 e. The summed E-state index contributed by atoms with van der Waals surface area (Å²) in [6.07, 6.45) is 0.441. The van der Waals surface area contributed by atoms with Crippen molar-refractivity contribution in [3.05, 3.63) is 46.7 Å². The Labute approximate surface area is 129 Å². The van der Waals surface area contributed by atoms with Crippen LogP contribution in [0.2, 0.25) is 0 Å². The van der Waals surface area contributed by atoms with Gasteiger partial charge in [-0.05, 0) is 30.0 Å². The van der Waals surface area contributed by atoms with Gasteiger partial charge >= 0.3 is 0 Å². The minimum Gasteiger partial charge on any atom is -0.493 e. The number of thiophene rings is 1. The van der Waals surface area contributed by atoms with Crippen molar-refractivity contribution in [1.29, 1.82) is 0 Å². The van der Waals surface area contributed by atoms with E-state index in [-0.39, 0.29) is 6.61 Å². The zero-order valence-corrected chi connectivity index (χ0v) is 12.9. The number of methoxy groups -OCH3 is 1. The number of rotatable bonds is 9. The molecule has 1 heterocycles. The maximum absolute atomic E-state index is 9.91. The standard InChI is InChI=1S/C16H21NO3S/c1-19-15-6-2-3-7-16(15)20-12-13(18)11-17-9-8-14-5-4-10-21-14/h2-7,10,13,17-18H,8-9,11-12H2,1H3. The van der Waals surface area contributed by atoms with Gasteiger partial charge in [-0.1, -0.05) is 18.2 Å². The predicted molar refractivity (Wildman–Crippen MR) is 85.4 cm³/mol. The van der Waals surface area contributed by atoms with Crippen LogP contribution in [0.5, 0.6) is 11.5 Å². The first kappa shape index (κ1) is 15.8. The summed E-state index contributed by atoms with van der Waals surface area (Å²) in [5.74, 6) is 1.33. The van der Waals surface area contributed by atoms with Crippen LogP contribution in [0.25, 0.3) is 0 Å². The molecule has 2 aromatic rings. The van der Waals surface area contributed by atoms with E-state index in [0.717, 1.165) is 13.0 Å². The minimum absolute atomic E-state index is 0.242. The van der Waals surface area contributed by atoms with Gasteiger partial charge in [0, 0.05) is 18.0 Å². The summed E-state index contributed by atoms with van der Waals surface area (Å²) in [5.41, 5.74) is 0. The molecule has 5 heteroatoms. The van der Waals surface area contributed by atoms with Crippen LogP contribution in [0.1, 0.15) is 4.88 Å². The van der Waals surface area contributed by atoms with Crippen molar-refractivity contribution in [2.75, 3.05) is 26.8 Å². The number of ether oxygens (including phenoxy) is 2. The Kier molecular flexibility index (Phi) is 6.53. The van der Waals surface area contributed by atoms with Gasteiger partial charge in [0.2, 0.25) is 0 Å². The topological polar surface area (TPSA) is 50.7 Å². The highest BCUT2D eigenvalue weighted by Gasteiger charge is 2.07. The van der Waals surface area contributed by atoms with Crippen LogP contribution in [0.3, 0.4) is 0 Å². The molecule has 2 N–H and O–H groups in total. The van der Waals surface area contributed by atoms with Crippen LogP contribution in [0, 0.1) is 0 Å². The number of nitrogens with one attached hydrogen (secondary N) is 1. The van der Waals surface area contributed by atoms with Crippen LogP contribution in [0.15, 0.2) is 41.8 Å². The molecule has 1 unspecified atom stereocenters. The van der Waals surface area contributed by atoms with Crippen LogP contribution < -0.4 is 14.8 Å². The number of para-hydroxylation sites is 2. The lowest BCUT2D eigenvalue weighted by Gasteiger charge is -2.14. The fraction of sp³-hybridized carbons (Fsp3) is 0.375. The first-order valence-electron chi connectivity index (χ1n) is 6.96. The summed E-state index contributed by atoms with van der Waals surface area (Å²) < 4.78 is 10.8. The van der Waals surface area contributed by atoms with Gasteiger partial charge in [0.05, 0.1) is 7.11 Å². The van der Waals surface area contributed by atoms with E-state index in [4.69, 9.17) is 9.47 Å². The summed E-state index contributed by atoms with van der Waals surface area (Å²) in [6, 6.07) is 11.6. The first-order chi connectivity index (χ1) is 10.3. The number of hydrogen-bond donors (Lipinski definition) is 2. The van der Waals surface area contributed by atoms with E-state index in [2.05, 4.69) is 22.8 Å². The molecule has 1 aromatic heterocycles. The SMILES string of the molecule is COc1ccccc1OCC(O)CNCCc1cccs1. The van der Waals surface area contributed by atoms with Crippen LogP contribution in [-0.2, 0) is 6.42 Å². The summed E-state index contributed by atoms with van der Waals surface area (Å²) in [7, 11) is 1.60. The van der Waals surface area contributed by atoms with Crippen LogP contribution in [-0.4, -0.2) is 38.0 Å². The third-order valence-corrected chi connectivity index (χ3v) is 3.94. The van der Waals surface area contributed by atoms with Gasteiger partial charge in [0.15, 0.2) is 11.5 Å². The van der Waals surface area contributed by atoms with E-state index >= 15 is 0 Å². The molecule has 0 saturated carbocycles. The summed E-state index contributed by atoms with van der Waals surface area (Å²) in [5, 5.41) is 15.2. The Morgan fingerprint density at radius 3 is 2.71 bits per heavy atom. The molecule has 2 rings (SSSR count). The third kappa shape index (κ3) is 5.38. The van der Waals surface area contributed by atoms with E-state index in [1.165, 1.54) is 4.88 Å². The normalized spacial score (nSPS) is 12.1. The van der Waals surface area contributed by atoms with Crippen LogP contribution in [0.4, 0.5) is 0 Å². The molecule has 0 fully saturated rings. The van der Waals surface area contributed by atoms with Crippen molar-refractivity contribution in [2.45, 2.75) is 12.5 Å². The summed E-state index contributed by atoms with van der Waals surface area (Å²) in [6.45, 7) is 1.61. The molecule has 0 aliphatic rings. The van der Waals surface area contributed by atoms with Gasteiger partial charge in [0.1, 0.15) is 12.7 Å². The van der Waals surface area contributed by atoms with Crippen molar-refractivity contribution >= 4 is 11.3 Å². The van der Waals surface area contributed by atoms with Crippen molar-refractivity contribution < 1.29 is 14.6 Å². The highest BCUT2D eigenvalue weighted by molar-refractivity contribution is 7.09. The molecule has 1 aromatic carbocycles. The van der Waals surface area contributed by atoms with Crippen molar-refractivity contribution in [3.8, 4) is 11.5 Å². The number of aliphatic hydroxyl groups excluding tert-OH is 1. The Morgan fingerprint density at radius 1 is 1.19 bits per heavy atom. The zero-order valence-electron chi connectivity index (χ0n) is 12.1. The molecule has 0 spiro atoms. The minimum atomic E-state index is -0.543. The van der Waals surface area contributed by atoms with Crippen molar-refractivity contribution in [3.63, 3.8) is 0 Å². The summed E-state index contributed by atoms with van der Waals surface area (Å²) in [4.78, 5) is 1.35. The Balaban J connectivity index is 1.64. The zero-order chi connectivity index (χ0) is 14.9. The average Bonchev–Trinajstić information content (AvgIpc) is 3.03. The smallest absolute Gasteiger partial charge is 0.161 e. The molecule has 0 bridgehead atoms. The number of hydrogen-bond acceptors (Lipinski definition) is 5. The first-order valence-corrected chi connectivity index (χ1v) is 7.84. The Morgan fingerprint density at radius 2 is 2.00 bits per heavy atom. The average molecular weight is 307 g/mol. The van der Waals surface area contributed by atoms with E-state index in [9.17, 15) is 5.11 Å². The van der Waals surface area contributed by atoms with E-state index in [1.54, 1.807) is 18.4 Å². The van der Waals surface area contributed by atoms with Gasteiger partial charge in [0.25, 0.3) is 0 Å². The molecule has 0 aliphatic carbocycles. The van der Waals surface area contributed by atoms with Crippen molar-refractivity contribution in [1.82, 2.24) is 5.32 Å². The molecular formula is C16H21NO3S. The molecule has 114 valence electrons. The summed E-state index contributed by atoms with van der Waals surface area (Å²) >= 11 is 1.75. The number of aliphatic hydroxyl groups is 1. The van der Waals surface area contributed by atoms with Gasteiger partial charge < -0.3 is 19.9 Å². The molecule has 0 aliphatic heterocycles. The second kappa shape index (κ2) is 8.67. The van der Waals surface area contributed by atoms with Gasteiger partial charge in [-0.2, -0.15) is 0 Å². The Bertz CT molecular complexity index is 516. The van der Waals surface area contributed by atoms with Gasteiger partial charge in [-0.15, -0.1) is 11.3 Å². The van der Waals surface area contributed by atoms with Gasteiger partial charge in [-0.3, -0.25) is 0 Å².